The summed E-state index contributed by atoms with van der Waals surface area (Å²) in [4.78, 5) is 4.45. The number of fused-ring (bicyclic) bond motifs is 1. The molecule has 3 rings (SSSR count). The molecule has 0 fully saturated rings. The van der Waals surface area contributed by atoms with Crippen molar-refractivity contribution in [1.29, 1.82) is 0 Å². The summed E-state index contributed by atoms with van der Waals surface area (Å²) in [5, 5.41) is 1.20. The number of hydrogen-bond acceptors (Lipinski definition) is 2. The fraction of sp³-hybridized carbons (Fsp3) is 0.167. The second-order valence-corrected chi connectivity index (χ2v) is 5.25. The molecule has 2 aromatic heterocycles. The first-order valence-corrected chi connectivity index (χ1v) is 6.94. The molecule has 0 amide bonds. The van der Waals surface area contributed by atoms with E-state index in [2.05, 4.69) is 41.7 Å². The van der Waals surface area contributed by atoms with E-state index in [1.165, 1.54) is 16.5 Å². The predicted octanol–water partition coefficient (Wildman–Crippen LogP) is 4.46. The number of pyridine rings is 1. The zero-order valence-corrected chi connectivity index (χ0v) is 12.5. The Bertz CT molecular complexity index is 797. The van der Waals surface area contributed by atoms with Crippen molar-refractivity contribution in [1.82, 2.24) is 9.55 Å². The lowest BCUT2D eigenvalue weighted by Crippen LogP contribution is -1.94. The van der Waals surface area contributed by atoms with Crippen molar-refractivity contribution < 1.29 is 4.74 Å². The number of ether oxygens (including phenoxy) is 1. The first kappa shape index (κ1) is 13.4. The Morgan fingerprint density at radius 2 is 2.05 bits per heavy atom. The Morgan fingerprint density at radius 3 is 2.71 bits per heavy atom. The minimum Gasteiger partial charge on any atom is -0.497 e. The molecule has 0 aliphatic rings. The number of rotatable bonds is 3. The molecule has 0 bridgehead atoms. The molecule has 0 atom stereocenters. The van der Waals surface area contributed by atoms with Crippen molar-refractivity contribution in [3.05, 3.63) is 59.9 Å². The van der Waals surface area contributed by atoms with Crippen LogP contribution in [-0.4, -0.2) is 16.7 Å². The average molecular weight is 278 g/mol. The second-order valence-electron chi connectivity index (χ2n) is 5.25. The molecule has 3 heteroatoms. The molecular formula is C18H18N2O. The molecule has 0 spiro atoms. The van der Waals surface area contributed by atoms with Gasteiger partial charge in [0.1, 0.15) is 11.6 Å². The number of hydrogen-bond donors (Lipinski definition) is 0. The molecule has 0 radical (unpaired) electrons. The van der Waals surface area contributed by atoms with Gasteiger partial charge in [-0.2, -0.15) is 0 Å². The summed E-state index contributed by atoms with van der Waals surface area (Å²) in [7, 11) is 1.69. The Kier molecular flexibility index (Phi) is 3.48. The molecule has 0 aliphatic carbocycles. The van der Waals surface area contributed by atoms with Gasteiger partial charge in [-0.15, -0.1) is 0 Å². The number of allylic oxidation sites excluding steroid dienone is 1. The highest BCUT2D eigenvalue weighted by atomic mass is 16.5. The van der Waals surface area contributed by atoms with Gasteiger partial charge in [0.25, 0.3) is 0 Å². The van der Waals surface area contributed by atoms with Crippen LogP contribution < -0.4 is 4.74 Å². The fourth-order valence-electron chi connectivity index (χ4n) is 2.47. The molecule has 3 aromatic rings. The molecule has 0 aliphatic heterocycles. The Morgan fingerprint density at radius 1 is 1.19 bits per heavy atom. The molecule has 106 valence electrons. The molecule has 0 saturated heterocycles. The third kappa shape index (κ3) is 2.55. The van der Waals surface area contributed by atoms with E-state index in [0.717, 1.165) is 17.1 Å². The van der Waals surface area contributed by atoms with Crippen LogP contribution in [0.4, 0.5) is 0 Å². The number of nitrogens with zero attached hydrogens (tertiary/aromatic N) is 2. The van der Waals surface area contributed by atoms with Gasteiger partial charge >= 0.3 is 0 Å². The van der Waals surface area contributed by atoms with Crippen LogP contribution in [0.25, 0.3) is 22.8 Å². The van der Waals surface area contributed by atoms with Crippen molar-refractivity contribution in [2.24, 2.45) is 0 Å². The van der Waals surface area contributed by atoms with Crippen LogP contribution in [0.2, 0.25) is 0 Å². The molecule has 21 heavy (non-hydrogen) atoms. The standard InChI is InChI=1S/C18H18N2O/c1-13(2)10-14-12-20(18-6-4-5-9-19-18)17-11-15(21-3)7-8-16(14)17/h4-12H,1-3H3. The molecule has 0 N–H and O–H groups in total. The van der Waals surface area contributed by atoms with Gasteiger partial charge in [-0.25, -0.2) is 4.98 Å². The predicted molar refractivity (Wildman–Crippen MR) is 86.9 cm³/mol. The van der Waals surface area contributed by atoms with Crippen LogP contribution in [0.3, 0.4) is 0 Å². The smallest absolute Gasteiger partial charge is 0.137 e. The van der Waals surface area contributed by atoms with Crippen LogP contribution in [0.15, 0.2) is 54.4 Å². The quantitative estimate of drug-likeness (QED) is 0.707. The lowest BCUT2D eigenvalue weighted by atomic mass is 10.1. The van der Waals surface area contributed by atoms with Crippen molar-refractivity contribution >= 4 is 17.0 Å². The maximum absolute atomic E-state index is 5.35. The summed E-state index contributed by atoms with van der Waals surface area (Å²) in [6.45, 7) is 4.21. The number of benzene rings is 1. The Hall–Kier alpha value is -2.55. The van der Waals surface area contributed by atoms with E-state index in [0.29, 0.717) is 0 Å². The van der Waals surface area contributed by atoms with Gasteiger partial charge in [-0.05, 0) is 38.1 Å². The second kappa shape index (κ2) is 5.44. The van der Waals surface area contributed by atoms with Crippen LogP contribution in [0.5, 0.6) is 5.75 Å². The molecule has 1 aromatic carbocycles. The largest absolute Gasteiger partial charge is 0.497 e. The third-order valence-electron chi connectivity index (χ3n) is 3.38. The van der Waals surface area contributed by atoms with Gasteiger partial charge in [-0.3, -0.25) is 0 Å². The summed E-state index contributed by atoms with van der Waals surface area (Å²) in [6, 6.07) is 12.1. The SMILES string of the molecule is COc1ccc2c(C=C(C)C)cn(-c3ccccn3)c2c1. The van der Waals surface area contributed by atoms with E-state index in [1.54, 1.807) is 7.11 Å². The minimum atomic E-state index is 0.849. The lowest BCUT2D eigenvalue weighted by Gasteiger charge is -2.05. The molecule has 3 nitrogen and oxygen atoms in total. The Labute approximate surface area is 124 Å². The maximum atomic E-state index is 5.35. The highest BCUT2D eigenvalue weighted by molar-refractivity contribution is 5.91. The van der Waals surface area contributed by atoms with Gasteiger partial charge in [0.05, 0.1) is 12.6 Å². The zero-order chi connectivity index (χ0) is 14.8. The van der Waals surface area contributed by atoms with Gasteiger partial charge in [-0.1, -0.05) is 17.7 Å². The topological polar surface area (TPSA) is 27.1 Å². The van der Waals surface area contributed by atoms with Crippen molar-refractivity contribution in [3.8, 4) is 11.6 Å². The van der Waals surface area contributed by atoms with E-state index >= 15 is 0 Å². The number of aromatic nitrogens is 2. The van der Waals surface area contributed by atoms with Crippen LogP contribution >= 0.6 is 0 Å². The Balaban J connectivity index is 2.30. The van der Waals surface area contributed by atoms with Gasteiger partial charge in [0.2, 0.25) is 0 Å². The first-order valence-electron chi connectivity index (χ1n) is 6.94. The summed E-state index contributed by atoms with van der Waals surface area (Å²) in [5.41, 5.74) is 3.56. The fourth-order valence-corrected chi connectivity index (χ4v) is 2.47. The summed E-state index contributed by atoms with van der Waals surface area (Å²) < 4.78 is 7.46. The lowest BCUT2D eigenvalue weighted by molar-refractivity contribution is 0.415. The molecule has 0 unspecified atom stereocenters. The van der Waals surface area contributed by atoms with Crippen LogP contribution in [-0.2, 0) is 0 Å². The highest BCUT2D eigenvalue weighted by Gasteiger charge is 2.10. The normalized spacial score (nSPS) is 10.6. The van der Waals surface area contributed by atoms with Crippen LogP contribution in [0.1, 0.15) is 19.4 Å². The van der Waals surface area contributed by atoms with Crippen LogP contribution in [0, 0.1) is 0 Å². The molecule has 0 saturated carbocycles. The molecular weight excluding hydrogens is 260 g/mol. The van der Waals surface area contributed by atoms with Crippen molar-refractivity contribution in [2.75, 3.05) is 7.11 Å². The third-order valence-corrected chi connectivity index (χ3v) is 3.38. The summed E-state index contributed by atoms with van der Waals surface area (Å²) >= 11 is 0. The number of methoxy groups -OCH3 is 1. The maximum Gasteiger partial charge on any atom is 0.137 e. The van der Waals surface area contributed by atoms with E-state index in [-0.39, 0.29) is 0 Å². The summed E-state index contributed by atoms with van der Waals surface area (Å²) in [6.07, 6.45) is 6.12. The van der Waals surface area contributed by atoms with Gasteiger partial charge < -0.3 is 9.30 Å². The van der Waals surface area contributed by atoms with Crippen molar-refractivity contribution in [3.63, 3.8) is 0 Å². The molecule has 2 heterocycles. The van der Waals surface area contributed by atoms with E-state index in [1.807, 2.05) is 36.5 Å². The van der Waals surface area contributed by atoms with E-state index in [4.69, 9.17) is 4.74 Å². The minimum absolute atomic E-state index is 0.849. The van der Waals surface area contributed by atoms with E-state index in [9.17, 15) is 0 Å². The summed E-state index contributed by atoms with van der Waals surface area (Å²) in [5.74, 6) is 1.76. The van der Waals surface area contributed by atoms with E-state index < -0.39 is 0 Å². The highest BCUT2D eigenvalue weighted by Crippen LogP contribution is 2.29. The zero-order valence-electron chi connectivity index (χ0n) is 12.5. The van der Waals surface area contributed by atoms with Gasteiger partial charge in [0, 0.05) is 29.4 Å². The average Bonchev–Trinajstić information content (AvgIpc) is 2.85. The van der Waals surface area contributed by atoms with Crippen molar-refractivity contribution in [2.45, 2.75) is 13.8 Å². The first-order chi connectivity index (χ1) is 10.2. The monoisotopic (exact) mass is 278 g/mol. The van der Waals surface area contributed by atoms with Gasteiger partial charge in [0.15, 0.2) is 0 Å².